The fourth-order valence-electron chi connectivity index (χ4n) is 1.34. The van der Waals surface area contributed by atoms with E-state index in [9.17, 15) is 0 Å². The molecule has 0 saturated heterocycles. The molecule has 0 spiro atoms. The lowest BCUT2D eigenvalue weighted by Crippen LogP contribution is -2.35. The third-order valence-corrected chi connectivity index (χ3v) is 3.71. The first-order chi connectivity index (χ1) is 6.63. The van der Waals surface area contributed by atoms with Crippen LogP contribution in [-0.4, -0.2) is 11.7 Å². The van der Waals surface area contributed by atoms with E-state index in [4.69, 9.17) is 10.8 Å². The van der Waals surface area contributed by atoms with Crippen molar-refractivity contribution in [2.75, 3.05) is 6.61 Å². The van der Waals surface area contributed by atoms with Gasteiger partial charge in [-0.1, -0.05) is 18.2 Å². The Hall–Kier alpha value is -0.900. The van der Waals surface area contributed by atoms with Crippen molar-refractivity contribution in [3.05, 3.63) is 35.2 Å². The second-order valence-corrected chi connectivity index (χ2v) is 4.81. The molecule has 0 aliphatic rings. The number of thiophene rings is 1. The molecule has 2 rings (SSSR count). The highest BCUT2D eigenvalue weighted by Gasteiger charge is 2.22. The van der Waals surface area contributed by atoms with Crippen LogP contribution in [0.2, 0.25) is 0 Å². The van der Waals surface area contributed by atoms with E-state index in [0.717, 1.165) is 4.88 Å². The lowest BCUT2D eigenvalue weighted by Gasteiger charge is -2.19. The summed E-state index contributed by atoms with van der Waals surface area (Å²) in [5.41, 5.74) is 5.34. The summed E-state index contributed by atoms with van der Waals surface area (Å²) in [5.74, 6) is 0. The highest BCUT2D eigenvalue weighted by atomic mass is 32.1. The summed E-state index contributed by atoms with van der Waals surface area (Å²) >= 11 is 1.64. The number of hydrogen-bond donors (Lipinski definition) is 2. The zero-order valence-electron chi connectivity index (χ0n) is 8.03. The van der Waals surface area contributed by atoms with Gasteiger partial charge in [-0.05, 0) is 24.4 Å². The molecule has 2 nitrogen and oxygen atoms in total. The van der Waals surface area contributed by atoms with Crippen molar-refractivity contribution in [1.82, 2.24) is 0 Å². The number of aliphatic hydroxyl groups is 1. The van der Waals surface area contributed by atoms with Gasteiger partial charge in [0.2, 0.25) is 0 Å². The van der Waals surface area contributed by atoms with E-state index in [0.29, 0.717) is 0 Å². The lowest BCUT2D eigenvalue weighted by molar-refractivity contribution is 0.212. The van der Waals surface area contributed by atoms with Gasteiger partial charge in [0.25, 0.3) is 0 Å². The van der Waals surface area contributed by atoms with E-state index in [-0.39, 0.29) is 6.61 Å². The van der Waals surface area contributed by atoms with Gasteiger partial charge in [0, 0.05) is 9.58 Å². The normalized spacial score (nSPS) is 15.6. The molecule has 0 aliphatic carbocycles. The lowest BCUT2D eigenvalue weighted by atomic mass is 10.0. The summed E-state index contributed by atoms with van der Waals surface area (Å²) in [6, 6.07) is 10.2. The monoisotopic (exact) mass is 207 g/mol. The van der Waals surface area contributed by atoms with Crippen LogP contribution in [0.15, 0.2) is 30.3 Å². The van der Waals surface area contributed by atoms with E-state index in [1.54, 1.807) is 11.3 Å². The number of aliphatic hydroxyl groups excluding tert-OH is 1. The topological polar surface area (TPSA) is 46.2 Å². The quantitative estimate of drug-likeness (QED) is 0.792. The van der Waals surface area contributed by atoms with Crippen LogP contribution >= 0.6 is 11.3 Å². The molecule has 1 atom stereocenters. The second-order valence-electron chi connectivity index (χ2n) is 3.72. The molecule has 0 saturated carbocycles. The Bertz CT molecular complexity index is 414. The van der Waals surface area contributed by atoms with Crippen LogP contribution < -0.4 is 5.73 Å². The molecule has 0 radical (unpaired) electrons. The van der Waals surface area contributed by atoms with Gasteiger partial charge in [0.05, 0.1) is 12.1 Å². The molecule has 3 N–H and O–H groups in total. The summed E-state index contributed by atoms with van der Waals surface area (Å²) in [6.45, 7) is 1.82. The molecule has 2 aromatic rings. The van der Waals surface area contributed by atoms with Crippen molar-refractivity contribution in [3.8, 4) is 0 Å². The Morgan fingerprint density at radius 2 is 2.14 bits per heavy atom. The molecule has 74 valence electrons. The number of fused-ring (bicyclic) bond motifs is 1. The van der Waals surface area contributed by atoms with Crippen molar-refractivity contribution in [2.24, 2.45) is 5.73 Å². The van der Waals surface area contributed by atoms with Gasteiger partial charge in [-0.15, -0.1) is 11.3 Å². The van der Waals surface area contributed by atoms with E-state index < -0.39 is 5.54 Å². The van der Waals surface area contributed by atoms with E-state index in [1.807, 2.05) is 19.1 Å². The summed E-state index contributed by atoms with van der Waals surface area (Å²) in [7, 11) is 0. The van der Waals surface area contributed by atoms with Crippen molar-refractivity contribution in [3.63, 3.8) is 0 Å². The molecule has 0 fully saturated rings. The molecule has 1 aromatic carbocycles. The minimum absolute atomic E-state index is 0.0280. The fraction of sp³-hybridized carbons (Fsp3) is 0.273. The van der Waals surface area contributed by atoms with Gasteiger partial charge in [-0.2, -0.15) is 0 Å². The maximum Gasteiger partial charge on any atom is 0.0709 e. The molecule has 0 aliphatic heterocycles. The Morgan fingerprint density at radius 3 is 2.79 bits per heavy atom. The van der Waals surface area contributed by atoms with Gasteiger partial charge in [-0.3, -0.25) is 0 Å². The predicted octanol–water partition coefficient (Wildman–Crippen LogP) is 2.07. The van der Waals surface area contributed by atoms with Crippen LogP contribution in [0.3, 0.4) is 0 Å². The Morgan fingerprint density at radius 1 is 1.43 bits per heavy atom. The Labute approximate surface area is 87.0 Å². The predicted molar refractivity (Wildman–Crippen MR) is 60.5 cm³/mol. The molecule has 0 amide bonds. The third-order valence-electron chi connectivity index (χ3n) is 2.32. The molecular formula is C11H13NOS. The minimum atomic E-state index is -0.621. The first-order valence-electron chi connectivity index (χ1n) is 4.52. The summed E-state index contributed by atoms with van der Waals surface area (Å²) in [4.78, 5) is 1.03. The Balaban J connectivity index is 2.55. The van der Waals surface area contributed by atoms with Crippen LogP contribution in [-0.2, 0) is 5.54 Å². The molecule has 0 bridgehead atoms. The average Bonchev–Trinajstić information content (AvgIpc) is 2.61. The summed E-state index contributed by atoms with van der Waals surface area (Å²) < 4.78 is 1.22. The van der Waals surface area contributed by atoms with Crippen molar-refractivity contribution in [2.45, 2.75) is 12.5 Å². The van der Waals surface area contributed by atoms with Crippen molar-refractivity contribution < 1.29 is 5.11 Å². The smallest absolute Gasteiger partial charge is 0.0709 e. The van der Waals surface area contributed by atoms with E-state index >= 15 is 0 Å². The maximum atomic E-state index is 9.15. The molecule has 14 heavy (non-hydrogen) atoms. The van der Waals surface area contributed by atoms with Crippen molar-refractivity contribution in [1.29, 1.82) is 0 Å². The first kappa shape index (κ1) is 9.65. The van der Waals surface area contributed by atoms with Gasteiger partial charge in [-0.25, -0.2) is 0 Å². The first-order valence-corrected chi connectivity index (χ1v) is 5.34. The van der Waals surface area contributed by atoms with Crippen molar-refractivity contribution >= 4 is 21.4 Å². The SMILES string of the molecule is C[C@](N)(CO)c1cc2ccccc2s1. The molecule has 0 unspecified atom stereocenters. The average molecular weight is 207 g/mol. The molecule has 1 aromatic heterocycles. The van der Waals surface area contributed by atoms with Gasteiger partial charge >= 0.3 is 0 Å². The van der Waals surface area contributed by atoms with Crippen LogP contribution in [0.25, 0.3) is 10.1 Å². The van der Waals surface area contributed by atoms with E-state index in [1.165, 1.54) is 10.1 Å². The van der Waals surface area contributed by atoms with Crippen LogP contribution in [0.5, 0.6) is 0 Å². The molecular weight excluding hydrogens is 194 g/mol. The van der Waals surface area contributed by atoms with Crippen LogP contribution in [0.1, 0.15) is 11.8 Å². The number of rotatable bonds is 2. The highest BCUT2D eigenvalue weighted by Crippen LogP contribution is 2.31. The largest absolute Gasteiger partial charge is 0.394 e. The third kappa shape index (κ3) is 1.54. The summed E-state index contributed by atoms with van der Waals surface area (Å²) in [5, 5.41) is 10.3. The van der Waals surface area contributed by atoms with Gasteiger partial charge in [0.1, 0.15) is 0 Å². The minimum Gasteiger partial charge on any atom is -0.394 e. The zero-order chi connectivity index (χ0) is 10.2. The Kier molecular flexibility index (Phi) is 2.31. The van der Waals surface area contributed by atoms with Crippen LogP contribution in [0.4, 0.5) is 0 Å². The second kappa shape index (κ2) is 3.35. The maximum absolute atomic E-state index is 9.15. The van der Waals surface area contributed by atoms with E-state index in [2.05, 4.69) is 18.2 Å². The zero-order valence-corrected chi connectivity index (χ0v) is 8.84. The highest BCUT2D eigenvalue weighted by molar-refractivity contribution is 7.19. The standard InChI is InChI=1S/C11H13NOS/c1-11(12,7-13)10-6-8-4-2-3-5-9(8)14-10/h2-6,13H,7,12H2,1H3/t11-/m0/s1. The van der Waals surface area contributed by atoms with Gasteiger partial charge in [0.15, 0.2) is 0 Å². The summed E-state index contributed by atoms with van der Waals surface area (Å²) in [6.07, 6.45) is 0. The van der Waals surface area contributed by atoms with Crippen LogP contribution in [0, 0.1) is 0 Å². The number of hydrogen-bond acceptors (Lipinski definition) is 3. The molecule has 1 heterocycles. The molecule has 3 heteroatoms. The fourth-order valence-corrected chi connectivity index (χ4v) is 2.45. The number of benzene rings is 1. The number of nitrogens with two attached hydrogens (primary N) is 1. The van der Waals surface area contributed by atoms with Gasteiger partial charge < -0.3 is 10.8 Å².